The van der Waals surface area contributed by atoms with Gasteiger partial charge in [-0.2, -0.15) is 0 Å². The highest BCUT2D eigenvalue weighted by atomic mass is 16.2. The molecule has 8 nitrogen and oxygen atoms in total. The van der Waals surface area contributed by atoms with Gasteiger partial charge in [-0.1, -0.05) is 43.1 Å². The van der Waals surface area contributed by atoms with Gasteiger partial charge in [0.15, 0.2) is 0 Å². The number of carbonyl (C=O) groups excluding carboxylic acids is 2. The molecule has 0 saturated carbocycles. The van der Waals surface area contributed by atoms with Crippen molar-refractivity contribution in [3.63, 3.8) is 0 Å². The Morgan fingerprint density at radius 1 is 0.625 bits per heavy atom. The molecule has 196 valence electrons. The first-order chi connectivity index (χ1) is 13.8. The Bertz CT molecular complexity index is 464. The number of nitrogens with zero attached hydrogens (tertiary/aromatic N) is 6. The molecule has 0 atom stereocenters. The molecule has 3 saturated heterocycles. The third-order valence-electron chi connectivity index (χ3n) is 5.42. The first-order valence-corrected chi connectivity index (χ1v) is 11.1. The normalized spacial score (nSPS) is 19.1. The first-order valence-electron chi connectivity index (χ1n) is 11.1. The summed E-state index contributed by atoms with van der Waals surface area (Å²) in [6.07, 6.45) is 2.55. The Labute approximate surface area is 202 Å². The Kier molecular flexibility index (Phi) is 21.3. The van der Waals surface area contributed by atoms with E-state index >= 15 is 0 Å². The van der Waals surface area contributed by atoms with Crippen LogP contribution in [0.15, 0.2) is 0 Å². The zero-order chi connectivity index (χ0) is 21.8. The molecule has 32 heavy (non-hydrogen) atoms. The second-order valence-corrected chi connectivity index (χ2v) is 8.30. The average Bonchev–Trinajstić information content (AvgIpc) is 3.44. The van der Waals surface area contributed by atoms with E-state index in [2.05, 4.69) is 33.6 Å². The summed E-state index contributed by atoms with van der Waals surface area (Å²) >= 11 is 0. The van der Waals surface area contributed by atoms with Gasteiger partial charge in [-0.25, -0.2) is 0 Å². The van der Waals surface area contributed by atoms with Gasteiger partial charge >= 0.3 is 0 Å². The lowest BCUT2D eigenvalue weighted by molar-refractivity contribution is -0.131. The Balaban J connectivity index is -0.000000180. The van der Waals surface area contributed by atoms with Crippen LogP contribution in [0.2, 0.25) is 0 Å². The lowest BCUT2D eigenvalue weighted by Gasteiger charge is -2.13. The molecule has 3 fully saturated rings. The summed E-state index contributed by atoms with van der Waals surface area (Å²) < 4.78 is 0. The Morgan fingerprint density at radius 3 is 1.25 bits per heavy atom. The van der Waals surface area contributed by atoms with E-state index in [4.69, 9.17) is 0 Å². The minimum atomic E-state index is 0. The molecule has 3 heterocycles. The van der Waals surface area contributed by atoms with Crippen molar-refractivity contribution in [1.82, 2.24) is 29.4 Å². The second kappa shape index (κ2) is 19.3. The molecule has 0 aromatic heterocycles. The fraction of sp³-hybridized carbons (Fsp3) is 0.917. The van der Waals surface area contributed by atoms with Gasteiger partial charge in [-0.15, -0.1) is 0 Å². The van der Waals surface area contributed by atoms with Crippen LogP contribution in [0.3, 0.4) is 0 Å². The van der Waals surface area contributed by atoms with E-state index in [0.717, 1.165) is 39.5 Å². The van der Waals surface area contributed by atoms with Crippen molar-refractivity contribution < 1.29 is 11.0 Å². The first kappa shape index (κ1) is 35.4. The maximum atomic E-state index is 11.1. The predicted molar refractivity (Wildman–Crippen MR) is 140 cm³/mol. The third kappa shape index (κ3) is 13.4. The van der Waals surface area contributed by atoms with Crippen molar-refractivity contribution in [2.24, 2.45) is 0 Å². The SMILES string of the molecule is C.C.C.CCC(=O)N1CCN(C)C1.CCC(=O)N1CCN(C)C1.CCCN1CCN(C)C1.[H-]. The zero-order valence-electron chi connectivity index (χ0n) is 20.7. The zero-order valence-corrected chi connectivity index (χ0v) is 19.7. The largest absolute Gasteiger partial charge is 1.00 e. The van der Waals surface area contributed by atoms with Crippen LogP contribution >= 0.6 is 0 Å². The molecule has 0 N–H and O–H groups in total. The minimum absolute atomic E-state index is 0. The molecule has 3 rings (SSSR count). The molecule has 3 aliphatic rings. The molecule has 0 aliphatic carbocycles. The van der Waals surface area contributed by atoms with Crippen LogP contribution in [-0.4, -0.2) is 128 Å². The number of carbonyl (C=O) groups is 2. The van der Waals surface area contributed by atoms with E-state index in [1.807, 2.05) is 37.7 Å². The van der Waals surface area contributed by atoms with Gasteiger partial charge in [-0.05, 0) is 34.1 Å². The number of likely N-dealkylation sites (N-methyl/N-ethyl adjacent to an activating group) is 3. The van der Waals surface area contributed by atoms with Crippen molar-refractivity contribution in [2.75, 3.05) is 87.0 Å². The second-order valence-electron chi connectivity index (χ2n) is 8.30. The quantitative estimate of drug-likeness (QED) is 0.642. The summed E-state index contributed by atoms with van der Waals surface area (Å²) in [5.74, 6) is 0.536. The van der Waals surface area contributed by atoms with Crippen molar-refractivity contribution in [3.05, 3.63) is 0 Å². The highest BCUT2D eigenvalue weighted by Gasteiger charge is 2.20. The number of hydrogen-bond donors (Lipinski definition) is 0. The van der Waals surface area contributed by atoms with Crippen molar-refractivity contribution >= 4 is 11.8 Å². The van der Waals surface area contributed by atoms with Gasteiger partial charge in [0.05, 0.1) is 20.0 Å². The fourth-order valence-corrected chi connectivity index (χ4v) is 3.60. The van der Waals surface area contributed by atoms with Crippen LogP contribution in [-0.2, 0) is 9.59 Å². The summed E-state index contributed by atoms with van der Waals surface area (Å²) in [6.45, 7) is 16.5. The summed E-state index contributed by atoms with van der Waals surface area (Å²) in [4.78, 5) is 35.0. The lowest BCUT2D eigenvalue weighted by atomic mass is 10.4. The lowest BCUT2D eigenvalue weighted by Crippen LogP contribution is -2.29. The van der Waals surface area contributed by atoms with Crippen molar-refractivity contribution in [2.45, 2.75) is 62.3 Å². The van der Waals surface area contributed by atoms with E-state index < -0.39 is 0 Å². The maximum Gasteiger partial charge on any atom is 0.223 e. The summed E-state index contributed by atoms with van der Waals surface area (Å²) in [6, 6.07) is 0. The van der Waals surface area contributed by atoms with E-state index in [1.54, 1.807) is 0 Å². The molecule has 0 aromatic carbocycles. The van der Waals surface area contributed by atoms with Crippen LogP contribution in [0.1, 0.15) is 63.7 Å². The van der Waals surface area contributed by atoms with E-state index in [9.17, 15) is 9.59 Å². The van der Waals surface area contributed by atoms with Gasteiger partial charge in [0.25, 0.3) is 0 Å². The fourth-order valence-electron chi connectivity index (χ4n) is 3.60. The monoisotopic (exact) mass is 461 g/mol. The molecule has 0 spiro atoms. The Morgan fingerprint density at radius 2 is 1.00 bits per heavy atom. The van der Waals surface area contributed by atoms with Crippen LogP contribution in [0.5, 0.6) is 0 Å². The highest BCUT2D eigenvalue weighted by Crippen LogP contribution is 2.04. The highest BCUT2D eigenvalue weighted by molar-refractivity contribution is 5.76. The Hall–Kier alpha value is -1.22. The molecule has 0 aromatic rings. The van der Waals surface area contributed by atoms with Gasteiger partial charge < -0.3 is 11.2 Å². The van der Waals surface area contributed by atoms with Crippen LogP contribution in [0.4, 0.5) is 0 Å². The van der Waals surface area contributed by atoms with Crippen molar-refractivity contribution in [1.29, 1.82) is 0 Å². The van der Waals surface area contributed by atoms with Gasteiger partial charge in [0, 0.05) is 52.1 Å². The van der Waals surface area contributed by atoms with Crippen LogP contribution in [0.25, 0.3) is 0 Å². The number of amides is 2. The average molecular weight is 462 g/mol. The summed E-state index contributed by atoms with van der Waals surface area (Å²) in [7, 11) is 6.24. The predicted octanol–water partition coefficient (Wildman–Crippen LogP) is 2.88. The van der Waals surface area contributed by atoms with Crippen LogP contribution in [0, 0.1) is 0 Å². The van der Waals surface area contributed by atoms with Crippen LogP contribution < -0.4 is 0 Å². The maximum absolute atomic E-state index is 11.1. The molecule has 3 aliphatic heterocycles. The summed E-state index contributed by atoms with van der Waals surface area (Å²) in [5, 5.41) is 0. The van der Waals surface area contributed by atoms with E-state index in [1.165, 1.54) is 32.7 Å². The topological polar surface area (TPSA) is 53.6 Å². The summed E-state index contributed by atoms with van der Waals surface area (Å²) in [5.41, 5.74) is 0. The van der Waals surface area contributed by atoms with E-state index in [0.29, 0.717) is 12.8 Å². The molecular weight excluding hydrogens is 404 g/mol. The molecule has 0 bridgehead atoms. The van der Waals surface area contributed by atoms with Gasteiger partial charge in [-0.3, -0.25) is 29.2 Å². The van der Waals surface area contributed by atoms with E-state index in [-0.39, 0.29) is 35.5 Å². The molecule has 8 heteroatoms. The number of hydrogen-bond acceptors (Lipinski definition) is 6. The molecule has 0 unspecified atom stereocenters. The van der Waals surface area contributed by atoms with Crippen molar-refractivity contribution in [3.8, 4) is 0 Å². The number of rotatable bonds is 4. The molecule has 2 amide bonds. The minimum Gasteiger partial charge on any atom is -1.00 e. The standard InChI is InChI=1S/2C7H14N2O.C7H16N2.3CH4.H/c2*1-3-7(10)9-5-4-8(2)6-9;1-3-4-9-6-5-8(2)7-9;;;;/h2*3-6H2,1-2H3;3-7H2,1-2H3;3*1H4;/q;;;;;;-1. The molecular formula is C24H57N6O2-. The van der Waals surface area contributed by atoms with Gasteiger partial charge in [0.2, 0.25) is 11.8 Å². The van der Waals surface area contributed by atoms with Gasteiger partial charge in [0.1, 0.15) is 0 Å². The smallest absolute Gasteiger partial charge is 0.223 e. The molecule has 0 radical (unpaired) electrons. The third-order valence-corrected chi connectivity index (χ3v) is 5.42.